The van der Waals surface area contributed by atoms with Gasteiger partial charge in [-0.3, -0.25) is 0 Å². The molecule has 30 heavy (non-hydrogen) atoms. The number of esters is 2. The van der Waals surface area contributed by atoms with Crippen molar-refractivity contribution in [3.8, 4) is 5.75 Å². The number of carbonyl (C=O) groups excluding carboxylic acids is 3. The topological polar surface area (TPSA) is 100 Å². The molecule has 1 N–H and O–H groups in total. The van der Waals surface area contributed by atoms with Crippen molar-refractivity contribution >= 4 is 18.0 Å². The molecule has 0 aliphatic rings. The second kappa shape index (κ2) is 14.7. The van der Waals surface area contributed by atoms with Gasteiger partial charge in [-0.15, -0.1) is 0 Å². The molecule has 1 unspecified atom stereocenters. The molecule has 0 spiro atoms. The van der Waals surface area contributed by atoms with E-state index in [4.69, 9.17) is 18.9 Å². The molecule has 0 saturated carbocycles. The number of hydrogen-bond acceptors (Lipinski definition) is 7. The van der Waals surface area contributed by atoms with Crippen LogP contribution in [-0.2, 0) is 30.2 Å². The second-order valence-corrected chi connectivity index (χ2v) is 6.06. The molecule has 1 aromatic carbocycles. The van der Waals surface area contributed by atoms with Crippen molar-refractivity contribution in [2.24, 2.45) is 0 Å². The first kappa shape index (κ1) is 24.7. The first-order valence-electron chi connectivity index (χ1n) is 9.73. The molecule has 0 radical (unpaired) electrons. The molecule has 8 nitrogen and oxygen atoms in total. The number of allylic oxidation sites excluding steroid dienone is 2. The molecule has 8 heteroatoms. The molecule has 0 heterocycles. The minimum atomic E-state index is -0.824. The lowest BCUT2D eigenvalue weighted by atomic mass is 10.2. The first-order valence-corrected chi connectivity index (χ1v) is 9.73. The third-order valence-electron chi connectivity index (χ3n) is 3.65. The van der Waals surface area contributed by atoms with Gasteiger partial charge in [0.05, 0.1) is 6.54 Å². The molecule has 164 valence electrons. The number of carbonyl (C=O) groups is 3. The van der Waals surface area contributed by atoms with E-state index in [-0.39, 0.29) is 26.4 Å². The van der Waals surface area contributed by atoms with Crippen LogP contribution >= 0.6 is 0 Å². The summed E-state index contributed by atoms with van der Waals surface area (Å²) in [5, 5.41) is 2.47. The molecule has 0 bridgehead atoms. The van der Waals surface area contributed by atoms with Gasteiger partial charge in [-0.2, -0.15) is 0 Å². The maximum atomic E-state index is 12.0. The lowest BCUT2D eigenvalue weighted by molar-refractivity contribution is -0.141. The van der Waals surface area contributed by atoms with Gasteiger partial charge in [0.1, 0.15) is 25.6 Å². The lowest BCUT2D eigenvalue weighted by Crippen LogP contribution is -2.36. The predicted molar refractivity (Wildman–Crippen MR) is 111 cm³/mol. The summed E-state index contributed by atoms with van der Waals surface area (Å²) in [6, 6.07) is 7.54. The summed E-state index contributed by atoms with van der Waals surface area (Å²) in [6.07, 6.45) is 4.94. The van der Waals surface area contributed by atoms with Crippen LogP contribution in [0.1, 0.15) is 26.3 Å². The maximum Gasteiger partial charge on any atom is 0.407 e. The highest BCUT2D eigenvalue weighted by Gasteiger charge is 2.18. The summed E-state index contributed by atoms with van der Waals surface area (Å²) in [5.74, 6) is -0.418. The molecule has 1 amide bonds. The van der Waals surface area contributed by atoms with E-state index in [0.717, 1.165) is 12.0 Å². The van der Waals surface area contributed by atoms with E-state index in [9.17, 15) is 14.4 Å². The second-order valence-electron chi connectivity index (χ2n) is 6.06. The van der Waals surface area contributed by atoms with Gasteiger partial charge >= 0.3 is 18.0 Å². The summed E-state index contributed by atoms with van der Waals surface area (Å²) in [5.41, 5.74) is 1.11. The highest BCUT2D eigenvalue weighted by atomic mass is 16.6. The first-order chi connectivity index (χ1) is 14.5. The zero-order chi connectivity index (χ0) is 22.2. The fourth-order valence-electron chi connectivity index (χ4n) is 2.20. The molecule has 1 rings (SSSR count). The number of amides is 1. The third-order valence-corrected chi connectivity index (χ3v) is 3.65. The molecule has 0 aliphatic heterocycles. The monoisotopic (exact) mass is 419 g/mol. The zero-order valence-corrected chi connectivity index (χ0v) is 17.6. The Hall–Kier alpha value is -3.29. The Kier molecular flexibility index (Phi) is 12.1. The van der Waals surface area contributed by atoms with Crippen LogP contribution in [0.25, 0.3) is 0 Å². The number of hydrogen-bond donors (Lipinski definition) is 1. The number of aryl methyl sites for hydroxylation is 1. The number of alkyl carbamates (subject to hydrolysis) is 1. The Balaban J connectivity index is 2.55. The number of nitrogens with one attached hydrogen (secondary N) is 1. The van der Waals surface area contributed by atoms with Crippen LogP contribution in [0.5, 0.6) is 5.75 Å². The van der Waals surface area contributed by atoms with E-state index in [0.29, 0.717) is 5.75 Å². The Labute approximate surface area is 176 Å². The molecule has 0 saturated heterocycles. The van der Waals surface area contributed by atoms with Crippen LogP contribution in [0.2, 0.25) is 0 Å². The van der Waals surface area contributed by atoms with Gasteiger partial charge in [-0.05, 0) is 38.0 Å². The largest absolute Gasteiger partial charge is 0.490 e. The Bertz CT molecular complexity index is 743. The van der Waals surface area contributed by atoms with Crippen LogP contribution in [-0.4, -0.2) is 50.5 Å². The van der Waals surface area contributed by atoms with Crippen molar-refractivity contribution in [1.29, 1.82) is 0 Å². The molecular formula is C22H29NO7. The maximum absolute atomic E-state index is 12.0. The van der Waals surface area contributed by atoms with E-state index < -0.39 is 24.1 Å². The Morgan fingerprint density at radius 3 is 2.40 bits per heavy atom. The van der Waals surface area contributed by atoms with Gasteiger partial charge in [0.15, 0.2) is 6.10 Å². The van der Waals surface area contributed by atoms with Crippen molar-refractivity contribution in [2.75, 3.05) is 26.4 Å². The van der Waals surface area contributed by atoms with E-state index in [1.807, 2.05) is 25.1 Å². The number of ether oxygens (including phenoxy) is 4. The van der Waals surface area contributed by atoms with Gasteiger partial charge in [-0.25, -0.2) is 14.4 Å². The van der Waals surface area contributed by atoms with Crippen molar-refractivity contribution in [1.82, 2.24) is 5.32 Å². The number of benzene rings is 1. The van der Waals surface area contributed by atoms with Crippen LogP contribution in [0.4, 0.5) is 4.79 Å². The Morgan fingerprint density at radius 1 is 1.03 bits per heavy atom. The SMILES string of the molecule is C/C=C/C(=O)OCCNC(=O)OC(COC(=O)/C=C/C)COc1cccc(CC)c1. The minimum absolute atomic E-state index is 0.0000124. The predicted octanol–water partition coefficient (Wildman–Crippen LogP) is 2.96. The minimum Gasteiger partial charge on any atom is -0.490 e. The molecule has 1 atom stereocenters. The van der Waals surface area contributed by atoms with E-state index in [1.165, 1.54) is 12.2 Å². The quantitative estimate of drug-likeness (QED) is 0.241. The van der Waals surface area contributed by atoms with Crippen LogP contribution < -0.4 is 10.1 Å². The summed E-state index contributed by atoms with van der Waals surface area (Å²) in [6.45, 7) is 5.33. The Morgan fingerprint density at radius 2 is 1.73 bits per heavy atom. The summed E-state index contributed by atoms with van der Waals surface area (Å²) in [7, 11) is 0. The molecule has 0 aliphatic carbocycles. The van der Waals surface area contributed by atoms with Crippen LogP contribution in [0, 0.1) is 0 Å². The normalized spacial score (nSPS) is 11.8. The third kappa shape index (κ3) is 10.9. The highest BCUT2D eigenvalue weighted by Crippen LogP contribution is 2.14. The standard InChI is InChI=1S/C22H29NO7/c1-4-8-20(24)27-13-12-23-22(26)30-19(16-29-21(25)9-5-2)15-28-18-11-7-10-17(6-3)14-18/h4-5,7-11,14,19H,6,12-13,15-16H2,1-3H3,(H,23,26)/b8-4+,9-5+. The van der Waals surface area contributed by atoms with Crippen molar-refractivity contribution in [2.45, 2.75) is 33.3 Å². The van der Waals surface area contributed by atoms with Crippen molar-refractivity contribution in [3.63, 3.8) is 0 Å². The van der Waals surface area contributed by atoms with Gasteiger partial charge in [-0.1, -0.05) is 31.2 Å². The fourth-order valence-corrected chi connectivity index (χ4v) is 2.20. The summed E-state index contributed by atoms with van der Waals surface area (Å²) in [4.78, 5) is 34.8. The average Bonchev–Trinajstić information content (AvgIpc) is 2.73. The van der Waals surface area contributed by atoms with E-state index in [1.54, 1.807) is 32.1 Å². The lowest BCUT2D eigenvalue weighted by Gasteiger charge is -2.19. The highest BCUT2D eigenvalue weighted by molar-refractivity contribution is 5.82. The smallest absolute Gasteiger partial charge is 0.407 e. The van der Waals surface area contributed by atoms with Gasteiger partial charge in [0.2, 0.25) is 0 Å². The molecular weight excluding hydrogens is 390 g/mol. The average molecular weight is 419 g/mol. The van der Waals surface area contributed by atoms with Crippen LogP contribution in [0.3, 0.4) is 0 Å². The van der Waals surface area contributed by atoms with Crippen molar-refractivity contribution in [3.05, 3.63) is 54.1 Å². The van der Waals surface area contributed by atoms with Gasteiger partial charge < -0.3 is 24.3 Å². The summed E-state index contributed by atoms with van der Waals surface area (Å²) >= 11 is 0. The zero-order valence-electron chi connectivity index (χ0n) is 17.6. The molecule has 0 aromatic heterocycles. The molecule has 1 aromatic rings. The summed E-state index contributed by atoms with van der Waals surface area (Å²) < 4.78 is 20.9. The van der Waals surface area contributed by atoms with Gasteiger partial charge in [0, 0.05) is 12.2 Å². The van der Waals surface area contributed by atoms with Crippen molar-refractivity contribution < 1.29 is 33.3 Å². The van der Waals surface area contributed by atoms with E-state index in [2.05, 4.69) is 5.32 Å². The van der Waals surface area contributed by atoms with Gasteiger partial charge in [0.25, 0.3) is 0 Å². The fraction of sp³-hybridized carbons (Fsp3) is 0.409. The molecule has 0 fully saturated rings. The van der Waals surface area contributed by atoms with E-state index >= 15 is 0 Å². The van der Waals surface area contributed by atoms with Crippen LogP contribution in [0.15, 0.2) is 48.6 Å². The number of rotatable bonds is 12.